The van der Waals surface area contributed by atoms with E-state index in [0.717, 1.165) is 69.2 Å². The zero-order chi connectivity index (χ0) is 29.0. The molecule has 0 N–H and O–H groups in total. The highest BCUT2D eigenvalue weighted by atomic mass is 15.1. The van der Waals surface area contributed by atoms with Crippen molar-refractivity contribution < 1.29 is 0 Å². The molecule has 1 aliphatic carbocycles. The van der Waals surface area contributed by atoms with Crippen LogP contribution in [-0.2, 0) is 11.8 Å². The first kappa shape index (κ1) is 25.4. The third-order valence-corrected chi connectivity index (χ3v) is 8.63. The Kier molecular flexibility index (Phi) is 5.86. The van der Waals surface area contributed by atoms with Crippen LogP contribution in [0.5, 0.6) is 0 Å². The van der Waals surface area contributed by atoms with Crippen LogP contribution in [-0.4, -0.2) is 19.4 Å². The molecular weight excluding hydrogens is 526 g/mol. The fourth-order valence-electron chi connectivity index (χ4n) is 6.26. The van der Waals surface area contributed by atoms with Gasteiger partial charge in [-0.2, -0.15) is 0 Å². The number of hydrogen-bond donors (Lipinski definition) is 0. The second-order valence-electron chi connectivity index (χ2n) is 11.9. The van der Waals surface area contributed by atoms with Gasteiger partial charge in [0.25, 0.3) is 0 Å². The molecule has 8 rings (SSSR count). The molecule has 0 spiro atoms. The molecule has 5 nitrogen and oxygen atoms in total. The van der Waals surface area contributed by atoms with Crippen LogP contribution in [0, 0.1) is 0 Å². The van der Waals surface area contributed by atoms with E-state index >= 15 is 0 Å². The first-order chi connectivity index (χ1) is 21.0. The van der Waals surface area contributed by atoms with Crippen molar-refractivity contribution in [2.45, 2.75) is 32.1 Å². The summed E-state index contributed by atoms with van der Waals surface area (Å²) in [6, 6.07) is 40.4. The Morgan fingerprint density at radius 1 is 0.674 bits per heavy atom. The third-order valence-electron chi connectivity index (χ3n) is 8.63. The Hall–Kier alpha value is -5.29. The number of anilines is 3. The van der Waals surface area contributed by atoms with Crippen molar-refractivity contribution in [1.29, 1.82) is 0 Å². The molecule has 0 fully saturated rings. The van der Waals surface area contributed by atoms with Gasteiger partial charge in [0.15, 0.2) is 0 Å². The van der Waals surface area contributed by atoms with Gasteiger partial charge in [-0.05, 0) is 79.1 Å². The molecule has 3 heterocycles. The van der Waals surface area contributed by atoms with Gasteiger partial charge in [-0.3, -0.25) is 0 Å². The second-order valence-corrected chi connectivity index (χ2v) is 11.9. The molecule has 43 heavy (non-hydrogen) atoms. The molecule has 3 aromatic heterocycles. The molecule has 208 valence electrons. The summed E-state index contributed by atoms with van der Waals surface area (Å²) in [4.78, 5) is 17.5. The van der Waals surface area contributed by atoms with Gasteiger partial charge in [0.05, 0.1) is 28.1 Å². The zero-order valence-electron chi connectivity index (χ0n) is 24.3. The van der Waals surface area contributed by atoms with E-state index in [2.05, 4.69) is 114 Å². The SMILES string of the molecule is CC1(C)CCc2cc(N(c3ccccc3)c3ccc(-c4cn5ccccc5n4)cc3)ccc2-c2nc3ccccc3nc21. The van der Waals surface area contributed by atoms with Crippen LogP contribution >= 0.6 is 0 Å². The van der Waals surface area contributed by atoms with Gasteiger partial charge in [-0.1, -0.05) is 68.4 Å². The van der Waals surface area contributed by atoms with Crippen molar-refractivity contribution in [2.24, 2.45) is 0 Å². The summed E-state index contributed by atoms with van der Waals surface area (Å²) >= 11 is 0. The molecule has 0 amide bonds. The lowest BCUT2D eigenvalue weighted by Crippen LogP contribution is -2.20. The highest BCUT2D eigenvalue weighted by molar-refractivity contribution is 5.83. The smallest absolute Gasteiger partial charge is 0.137 e. The minimum atomic E-state index is -0.0849. The summed E-state index contributed by atoms with van der Waals surface area (Å²) in [5.41, 5.74) is 12.7. The Labute approximate surface area is 251 Å². The molecule has 0 aliphatic heterocycles. The summed E-state index contributed by atoms with van der Waals surface area (Å²) in [6.45, 7) is 4.59. The number of aryl methyl sites for hydroxylation is 1. The average molecular weight is 558 g/mol. The summed E-state index contributed by atoms with van der Waals surface area (Å²) in [5, 5.41) is 0. The van der Waals surface area contributed by atoms with Crippen molar-refractivity contribution >= 4 is 33.7 Å². The van der Waals surface area contributed by atoms with E-state index < -0.39 is 0 Å². The van der Waals surface area contributed by atoms with E-state index in [0.29, 0.717) is 0 Å². The lowest BCUT2D eigenvalue weighted by atomic mass is 9.84. The molecule has 0 bridgehead atoms. The molecule has 0 saturated carbocycles. The Bertz CT molecular complexity index is 2080. The van der Waals surface area contributed by atoms with Gasteiger partial charge in [0.1, 0.15) is 5.65 Å². The van der Waals surface area contributed by atoms with Crippen LogP contribution < -0.4 is 4.90 Å². The number of hydrogen-bond acceptors (Lipinski definition) is 4. The number of imidazole rings is 1. The minimum absolute atomic E-state index is 0.0849. The zero-order valence-corrected chi connectivity index (χ0v) is 24.3. The average Bonchev–Trinajstić information content (AvgIpc) is 3.45. The summed E-state index contributed by atoms with van der Waals surface area (Å²) < 4.78 is 2.06. The summed E-state index contributed by atoms with van der Waals surface area (Å²) in [6.07, 6.45) is 6.07. The van der Waals surface area contributed by atoms with Crippen LogP contribution in [0.4, 0.5) is 17.1 Å². The monoisotopic (exact) mass is 557 g/mol. The quantitative estimate of drug-likeness (QED) is 0.216. The van der Waals surface area contributed by atoms with E-state index in [1.807, 2.05) is 36.5 Å². The van der Waals surface area contributed by atoms with Crippen molar-refractivity contribution in [3.05, 3.63) is 139 Å². The third kappa shape index (κ3) is 4.45. The fourth-order valence-corrected chi connectivity index (χ4v) is 6.26. The normalized spacial score (nSPS) is 13.8. The number of benzene rings is 4. The first-order valence-electron chi connectivity index (χ1n) is 14.8. The van der Waals surface area contributed by atoms with Crippen molar-refractivity contribution in [3.8, 4) is 22.5 Å². The lowest BCUT2D eigenvalue weighted by Gasteiger charge is -2.26. The van der Waals surface area contributed by atoms with E-state index in [-0.39, 0.29) is 5.41 Å². The van der Waals surface area contributed by atoms with E-state index in [1.54, 1.807) is 0 Å². The lowest BCUT2D eigenvalue weighted by molar-refractivity contribution is 0.472. The topological polar surface area (TPSA) is 46.3 Å². The molecule has 0 saturated heterocycles. The van der Waals surface area contributed by atoms with Crippen molar-refractivity contribution in [1.82, 2.24) is 19.4 Å². The van der Waals surface area contributed by atoms with Crippen LogP contribution in [0.3, 0.4) is 0 Å². The fraction of sp³-hybridized carbons (Fsp3) is 0.132. The largest absolute Gasteiger partial charge is 0.310 e. The number of para-hydroxylation sites is 3. The van der Waals surface area contributed by atoms with Gasteiger partial charge in [-0.25, -0.2) is 15.0 Å². The molecule has 0 atom stereocenters. The maximum absolute atomic E-state index is 5.17. The highest BCUT2D eigenvalue weighted by Gasteiger charge is 2.32. The predicted octanol–water partition coefficient (Wildman–Crippen LogP) is 9.31. The second kappa shape index (κ2) is 9.92. The molecule has 0 radical (unpaired) electrons. The Morgan fingerprint density at radius 3 is 2.16 bits per heavy atom. The predicted molar refractivity (Wildman–Crippen MR) is 175 cm³/mol. The Morgan fingerprint density at radius 2 is 1.37 bits per heavy atom. The van der Waals surface area contributed by atoms with Crippen LogP contribution in [0.1, 0.15) is 31.5 Å². The van der Waals surface area contributed by atoms with Gasteiger partial charge in [0, 0.05) is 46.0 Å². The number of fused-ring (bicyclic) bond motifs is 5. The molecule has 1 aliphatic rings. The molecule has 4 aromatic carbocycles. The number of rotatable bonds is 4. The Balaban J connectivity index is 1.23. The molecule has 7 aromatic rings. The van der Waals surface area contributed by atoms with Crippen LogP contribution in [0.2, 0.25) is 0 Å². The van der Waals surface area contributed by atoms with Gasteiger partial charge in [0.2, 0.25) is 0 Å². The van der Waals surface area contributed by atoms with Crippen LogP contribution in [0.25, 0.3) is 39.2 Å². The highest BCUT2D eigenvalue weighted by Crippen LogP contribution is 2.43. The summed E-state index contributed by atoms with van der Waals surface area (Å²) in [7, 11) is 0. The van der Waals surface area contributed by atoms with Crippen molar-refractivity contribution in [3.63, 3.8) is 0 Å². The molecule has 0 unspecified atom stereocenters. The number of aromatic nitrogens is 4. The van der Waals surface area contributed by atoms with E-state index in [1.165, 1.54) is 11.1 Å². The number of pyridine rings is 1. The minimum Gasteiger partial charge on any atom is -0.310 e. The van der Waals surface area contributed by atoms with Crippen LogP contribution in [0.15, 0.2) is 128 Å². The van der Waals surface area contributed by atoms with Gasteiger partial charge >= 0.3 is 0 Å². The maximum atomic E-state index is 5.17. The van der Waals surface area contributed by atoms with Crippen molar-refractivity contribution in [2.75, 3.05) is 4.90 Å². The maximum Gasteiger partial charge on any atom is 0.137 e. The van der Waals surface area contributed by atoms with Gasteiger partial charge < -0.3 is 9.30 Å². The molecular formula is C38H31N5. The first-order valence-corrected chi connectivity index (χ1v) is 14.8. The van der Waals surface area contributed by atoms with E-state index in [9.17, 15) is 0 Å². The summed E-state index contributed by atoms with van der Waals surface area (Å²) in [5.74, 6) is 0. The van der Waals surface area contributed by atoms with Gasteiger partial charge in [-0.15, -0.1) is 0 Å². The standard InChI is InChI=1S/C38H31N5/c1-38(2)22-21-27-24-30(19-20-31(27)36-37(38)41-33-13-7-6-12-32(33)40-36)43(28-10-4-3-5-11-28)29-17-15-26(16-18-29)34-25-42-23-9-8-14-35(42)39-34/h3-20,23-25H,21-22H2,1-2H3. The molecule has 5 heteroatoms. The number of nitrogens with zero attached hydrogens (tertiary/aromatic N) is 5. The van der Waals surface area contributed by atoms with E-state index in [4.69, 9.17) is 15.0 Å².